The average Bonchev–Trinajstić information content (AvgIpc) is 2.75. The number of benzene rings is 2. The number of methoxy groups -OCH3 is 1. The molecule has 0 saturated heterocycles. The van der Waals surface area contributed by atoms with Gasteiger partial charge in [-0.2, -0.15) is 0 Å². The van der Waals surface area contributed by atoms with Gasteiger partial charge in [-0.1, -0.05) is 6.07 Å². The van der Waals surface area contributed by atoms with Gasteiger partial charge in [0.2, 0.25) is 5.91 Å². The van der Waals surface area contributed by atoms with E-state index in [2.05, 4.69) is 21.2 Å². The highest BCUT2D eigenvalue weighted by Crippen LogP contribution is 2.39. The molecule has 0 radical (unpaired) electrons. The van der Waals surface area contributed by atoms with Crippen LogP contribution in [0.25, 0.3) is 0 Å². The lowest BCUT2D eigenvalue weighted by molar-refractivity contribution is -0.116. The summed E-state index contributed by atoms with van der Waals surface area (Å²) in [5, 5.41) is 2.73. The van der Waals surface area contributed by atoms with Crippen molar-refractivity contribution in [2.45, 2.75) is 6.04 Å². The molecule has 0 bridgehead atoms. The molecule has 21 heavy (non-hydrogen) atoms. The molecule has 1 unspecified atom stereocenters. The fourth-order valence-electron chi connectivity index (χ4n) is 2.16. The summed E-state index contributed by atoms with van der Waals surface area (Å²) in [5.74, 6) is 1.73. The van der Waals surface area contributed by atoms with Crippen LogP contribution in [0.1, 0.15) is 11.6 Å². The van der Waals surface area contributed by atoms with E-state index in [1.165, 1.54) is 0 Å². The normalized spacial score (nSPS) is 16.3. The van der Waals surface area contributed by atoms with Crippen LogP contribution in [0.4, 0.5) is 5.69 Å². The molecule has 0 fully saturated rings. The quantitative estimate of drug-likeness (QED) is 0.893. The number of hydrogen-bond donors (Lipinski definition) is 2. The molecule has 108 valence electrons. The molecular formula is C15H13BrN2O3. The number of nitrogens with one attached hydrogen (secondary N) is 1. The fraction of sp³-hybridized carbons (Fsp3) is 0.133. The van der Waals surface area contributed by atoms with Crippen LogP contribution >= 0.6 is 15.9 Å². The largest absolute Gasteiger partial charge is 0.497 e. The van der Waals surface area contributed by atoms with Gasteiger partial charge in [0.05, 0.1) is 11.6 Å². The Balaban J connectivity index is 1.93. The van der Waals surface area contributed by atoms with Crippen molar-refractivity contribution in [3.63, 3.8) is 0 Å². The first kappa shape index (κ1) is 13.9. The van der Waals surface area contributed by atoms with Gasteiger partial charge in [-0.3, -0.25) is 4.79 Å². The highest BCUT2D eigenvalue weighted by atomic mass is 79.9. The van der Waals surface area contributed by atoms with Crippen molar-refractivity contribution < 1.29 is 14.3 Å². The van der Waals surface area contributed by atoms with Crippen molar-refractivity contribution in [2.24, 2.45) is 5.73 Å². The second-order valence-corrected chi connectivity index (χ2v) is 5.47. The molecule has 0 saturated carbocycles. The SMILES string of the molecule is COc1cccc(Oc2cc3c(cc2Br)C(N)C(=O)N3)c1. The Morgan fingerprint density at radius 1 is 1.24 bits per heavy atom. The summed E-state index contributed by atoms with van der Waals surface area (Å²) in [4.78, 5) is 11.6. The maximum atomic E-state index is 11.6. The van der Waals surface area contributed by atoms with Crippen LogP contribution in [-0.2, 0) is 4.79 Å². The van der Waals surface area contributed by atoms with Crippen LogP contribution in [0, 0.1) is 0 Å². The number of carbonyl (C=O) groups is 1. The minimum absolute atomic E-state index is 0.213. The summed E-state index contributed by atoms with van der Waals surface area (Å²) in [7, 11) is 1.60. The zero-order valence-electron chi connectivity index (χ0n) is 11.2. The number of rotatable bonds is 3. The van der Waals surface area contributed by atoms with Crippen molar-refractivity contribution in [2.75, 3.05) is 12.4 Å². The molecule has 2 aromatic carbocycles. The topological polar surface area (TPSA) is 73.6 Å². The molecule has 1 aliphatic rings. The highest BCUT2D eigenvalue weighted by molar-refractivity contribution is 9.10. The second-order valence-electron chi connectivity index (χ2n) is 4.62. The predicted octanol–water partition coefficient (Wildman–Crippen LogP) is 3.20. The molecule has 2 aromatic rings. The monoisotopic (exact) mass is 348 g/mol. The lowest BCUT2D eigenvalue weighted by atomic mass is 10.1. The van der Waals surface area contributed by atoms with E-state index in [0.29, 0.717) is 22.9 Å². The number of fused-ring (bicyclic) bond motifs is 1. The Morgan fingerprint density at radius 2 is 2.00 bits per heavy atom. The van der Waals surface area contributed by atoms with E-state index in [1.807, 2.05) is 18.2 Å². The Labute approximate surface area is 130 Å². The van der Waals surface area contributed by atoms with Crippen molar-refractivity contribution in [3.05, 3.63) is 46.4 Å². The summed E-state index contributed by atoms with van der Waals surface area (Å²) in [6.45, 7) is 0. The molecule has 1 atom stereocenters. The number of ether oxygens (including phenoxy) is 2. The van der Waals surface area contributed by atoms with E-state index >= 15 is 0 Å². The zero-order chi connectivity index (χ0) is 15.0. The third-order valence-corrected chi connectivity index (χ3v) is 3.87. The molecule has 3 rings (SSSR count). The Kier molecular flexibility index (Phi) is 3.57. The molecule has 5 nitrogen and oxygen atoms in total. The van der Waals surface area contributed by atoms with Crippen molar-refractivity contribution in [1.29, 1.82) is 0 Å². The summed E-state index contributed by atoms with van der Waals surface area (Å²) < 4.78 is 11.7. The Hall–Kier alpha value is -2.05. The third-order valence-electron chi connectivity index (χ3n) is 3.25. The molecule has 1 amide bonds. The van der Waals surface area contributed by atoms with E-state index in [4.69, 9.17) is 15.2 Å². The minimum Gasteiger partial charge on any atom is -0.497 e. The summed E-state index contributed by atoms with van der Waals surface area (Å²) >= 11 is 3.44. The smallest absolute Gasteiger partial charge is 0.245 e. The van der Waals surface area contributed by atoms with E-state index in [-0.39, 0.29) is 5.91 Å². The lowest BCUT2D eigenvalue weighted by Crippen LogP contribution is -2.19. The van der Waals surface area contributed by atoms with E-state index in [9.17, 15) is 4.79 Å². The van der Waals surface area contributed by atoms with E-state index in [0.717, 1.165) is 10.0 Å². The van der Waals surface area contributed by atoms with E-state index in [1.54, 1.807) is 25.3 Å². The van der Waals surface area contributed by atoms with Crippen molar-refractivity contribution in [3.8, 4) is 17.2 Å². The van der Waals surface area contributed by atoms with Gasteiger partial charge in [-0.05, 0) is 34.1 Å². The Bertz CT molecular complexity index is 718. The molecule has 0 aromatic heterocycles. The molecule has 1 aliphatic heterocycles. The van der Waals surface area contributed by atoms with Gasteiger partial charge in [0.1, 0.15) is 23.3 Å². The highest BCUT2D eigenvalue weighted by Gasteiger charge is 2.28. The van der Waals surface area contributed by atoms with Crippen LogP contribution in [0.5, 0.6) is 17.2 Å². The summed E-state index contributed by atoms with van der Waals surface area (Å²) in [5.41, 5.74) is 7.24. The first-order chi connectivity index (χ1) is 10.1. The number of halogens is 1. The fourth-order valence-corrected chi connectivity index (χ4v) is 2.60. The number of carbonyl (C=O) groups excluding carboxylic acids is 1. The van der Waals surface area contributed by atoms with E-state index < -0.39 is 6.04 Å². The molecule has 0 aliphatic carbocycles. The molecular weight excluding hydrogens is 336 g/mol. The van der Waals surface area contributed by atoms with Crippen LogP contribution in [0.15, 0.2) is 40.9 Å². The van der Waals surface area contributed by atoms with Crippen molar-refractivity contribution >= 4 is 27.5 Å². The van der Waals surface area contributed by atoms with Gasteiger partial charge in [0.25, 0.3) is 0 Å². The van der Waals surface area contributed by atoms with Gasteiger partial charge in [-0.15, -0.1) is 0 Å². The maximum Gasteiger partial charge on any atom is 0.245 e. The first-order valence-electron chi connectivity index (χ1n) is 6.30. The average molecular weight is 349 g/mol. The number of nitrogens with two attached hydrogens (primary N) is 1. The van der Waals surface area contributed by atoms with Crippen LogP contribution in [0.3, 0.4) is 0 Å². The van der Waals surface area contributed by atoms with Crippen LogP contribution in [0.2, 0.25) is 0 Å². The second kappa shape index (κ2) is 5.38. The summed E-state index contributed by atoms with van der Waals surface area (Å²) in [6.07, 6.45) is 0. The molecule has 0 spiro atoms. The van der Waals surface area contributed by atoms with Gasteiger partial charge < -0.3 is 20.5 Å². The van der Waals surface area contributed by atoms with Crippen LogP contribution in [-0.4, -0.2) is 13.0 Å². The minimum atomic E-state index is -0.637. The van der Waals surface area contributed by atoms with Gasteiger partial charge in [-0.25, -0.2) is 0 Å². The lowest BCUT2D eigenvalue weighted by Gasteiger charge is -2.11. The predicted molar refractivity (Wildman–Crippen MR) is 82.8 cm³/mol. The maximum absolute atomic E-state index is 11.6. The van der Waals surface area contributed by atoms with Crippen molar-refractivity contribution in [1.82, 2.24) is 0 Å². The number of anilines is 1. The van der Waals surface area contributed by atoms with Gasteiger partial charge in [0, 0.05) is 23.4 Å². The first-order valence-corrected chi connectivity index (χ1v) is 7.09. The molecule has 1 heterocycles. The van der Waals surface area contributed by atoms with Crippen LogP contribution < -0.4 is 20.5 Å². The summed E-state index contributed by atoms with van der Waals surface area (Å²) in [6, 6.07) is 10.2. The molecule has 3 N–H and O–H groups in total. The standard InChI is InChI=1S/C15H13BrN2O3/c1-20-8-3-2-4-9(5-8)21-13-7-12-10(6-11(13)16)14(17)15(19)18-12/h2-7,14H,17H2,1H3,(H,18,19). The Morgan fingerprint density at radius 3 is 2.76 bits per heavy atom. The number of amides is 1. The molecule has 6 heteroatoms. The third kappa shape index (κ3) is 2.59. The van der Waals surface area contributed by atoms with Gasteiger partial charge >= 0.3 is 0 Å². The van der Waals surface area contributed by atoms with Gasteiger partial charge in [0.15, 0.2) is 0 Å². The number of hydrogen-bond acceptors (Lipinski definition) is 4. The zero-order valence-corrected chi connectivity index (χ0v) is 12.8.